The molecule has 1 aliphatic rings. The van der Waals surface area contributed by atoms with Crippen molar-refractivity contribution in [2.75, 3.05) is 5.32 Å². The fourth-order valence-corrected chi connectivity index (χ4v) is 3.73. The van der Waals surface area contributed by atoms with E-state index in [-0.39, 0.29) is 12.1 Å². The molecule has 3 heterocycles. The largest absolute Gasteiger partial charge is 0.393 e. The molecule has 0 aromatic carbocycles. The van der Waals surface area contributed by atoms with E-state index in [0.29, 0.717) is 5.92 Å². The molecule has 0 bridgehead atoms. The minimum atomic E-state index is -0.190. The summed E-state index contributed by atoms with van der Waals surface area (Å²) in [6.45, 7) is 0. The SMILES string of the molecule is OC1CC(C(Nc2ncnc3ccsc23)c2ccccn2)C1. The van der Waals surface area contributed by atoms with Gasteiger partial charge in [0.25, 0.3) is 0 Å². The molecule has 6 heteroatoms. The average molecular weight is 312 g/mol. The maximum absolute atomic E-state index is 9.65. The Kier molecular flexibility index (Phi) is 3.48. The first-order chi connectivity index (χ1) is 10.8. The number of hydrogen-bond donors (Lipinski definition) is 2. The van der Waals surface area contributed by atoms with Crippen LogP contribution in [0.25, 0.3) is 10.2 Å². The van der Waals surface area contributed by atoms with Crippen LogP contribution in [0.4, 0.5) is 5.82 Å². The Labute approximate surface area is 132 Å². The maximum atomic E-state index is 9.65. The third-order valence-corrected chi connectivity index (χ3v) is 5.07. The molecule has 1 fully saturated rings. The summed E-state index contributed by atoms with van der Waals surface area (Å²) in [6.07, 6.45) is 4.80. The predicted octanol–water partition coefficient (Wildman–Crippen LogP) is 3.01. The highest BCUT2D eigenvalue weighted by Crippen LogP contribution is 2.40. The Balaban J connectivity index is 1.68. The van der Waals surface area contributed by atoms with E-state index in [9.17, 15) is 5.11 Å². The number of thiophene rings is 1. The number of hydrogen-bond acceptors (Lipinski definition) is 6. The second kappa shape index (κ2) is 5.62. The summed E-state index contributed by atoms with van der Waals surface area (Å²) in [7, 11) is 0. The Morgan fingerprint density at radius 1 is 1.18 bits per heavy atom. The molecular formula is C16H16N4OS. The number of rotatable bonds is 4. The van der Waals surface area contributed by atoms with Crippen molar-refractivity contribution in [2.45, 2.75) is 25.0 Å². The fourth-order valence-electron chi connectivity index (χ4n) is 2.93. The first-order valence-corrected chi connectivity index (χ1v) is 8.23. The summed E-state index contributed by atoms with van der Waals surface area (Å²) in [5.41, 5.74) is 1.94. The standard InChI is InChI=1S/C16H16N4OS/c21-11-7-10(8-11)14(12-3-1-2-5-17-12)20-16-15-13(4-6-22-15)18-9-19-16/h1-6,9-11,14,21H,7-8H2,(H,18,19,20). The maximum Gasteiger partial charge on any atom is 0.147 e. The molecule has 3 aromatic rings. The van der Waals surface area contributed by atoms with E-state index in [1.54, 1.807) is 23.9 Å². The number of fused-ring (bicyclic) bond motifs is 1. The van der Waals surface area contributed by atoms with Crippen molar-refractivity contribution >= 4 is 27.4 Å². The van der Waals surface area contributed by atoms with Crippen molar-refractivity contribution in [1.82, 2.24) is 15.0 Å². The predicted molar refractivity (Wildman–Crippen MR) is 86.7 cm³/mol. The summed E-state index contributed by atoms with van der Waals surface area (Å²) in [5, 5.41) is 15.2. The van der Waals surface area contributed by atoms with Crippen LogP contribution in [0.15, 0.2) is 42.2 Å². The van der Waals surface area contributed by atoms with Gasteiger partial charge in [0.2, 0.25) is 0 Å². The van der Waals surface area contributed by atoms with Gasteiger partial charge in [-0.15, -0.1) is 11.3 Å². The zero-order valence-electron chi connectivity index (χ0n) is 11.9. The fraction of sp³-hybridized carbons (Fsp3) is 0.312. The number of pyridine rings is 1. The van der Waals surface area contributed by atoms with Crippen molar-refractivity contribution in [2.24, 2.45) is 5.92 Å². The van der Waals surface area contributed by atoms with Crippen LogP contribution >= 0.6 is 11.3 Å². The van der Waals surface area contributed by atoms with Gasteiger partial charge >= 0.3 is 0 Å². The second-order valence-corrected chi connectivity index (χ2v) is 6.54. The van der Waals surface area contributed by atoms with E-state index >= 15 is 0 Å². The van der Waals surface area contributed by atoms with Crippen molar-refractivity contribution < 1.29 is 5.11 Å². The molecule has 0 aliphatic heterocycles. The van der Waals surface area contributed by atoms with Gasteiger partial charge in [-0.3, -0.25) is 4.98 Å². The van der Waals surface area contributed by atoms with Crippen LogP contribution in [0, 0.1) is 5.92 Å². The molecule has 0 spiro atoms. The third kappa shape index (κ3) is 2.44. The van der Waals surface area contributed by atoms with Gasteiger partial charge in [-0.25, -0.2) is 9.97 Å². The Morgan fingerprint density at radius 2 is 2.09 bits per heavy atom. The first kappa shape index (κ1) is 13.6. The zero-order chi connectivity index (χ0) is 14.9. The van der Waals surface area contributed by atoms with Crippen LogP contribution < -0.4 is 5.32 Å². The molecule has 22 heavy (non-hydrogen) atoms. The highest BCUT2D eigenvalue weighted by Gasteiger charge is 2.35. The summed E-state index contributed by atoms with van der Waals surface area (Å²) in [6, 6.07) is 7.99. The number of aliphatic hydroxyl groups is 1. The topological polar surface area (TPSA) is 70.9 Å². The molecule has 112 valence electrons. The molecule has 0 radical (unpaired) electrons. The third-order valence-electron chi connectivity index (χ3n) is 4.16. The first-order valence-electron chi connectivity index (χ1n) is 7.35. The van der Waals surface area contributed by atoms with Gasteiger partial charge in [-0.1, -0.05) is 6.07 Å². The highest BCUT2D eigenvalue weighted by molar-refractivity contribution is 7.17. The van der Waals surface area contributed by atoms with Gasteiger partial charge in [0.05, 0.1) is 28.1 Å². The molecule has 3 aromatic heterocycles. The van der Waals surface area contributed by atoms with Gasteiger partial charge < -0.3 is 10.4 Å². The monoisotopic (exact) mass is 312 g/mol. The summed E-state index contributed by atoms with van der Waals surface area (Å²) in [4.78, 5) is 13.2. The second-order valence-electron chi connectivity index (χ2n) is 5.62. The normalized spacial score (nSPS) is 22.2. The van der Waals surface area contributed by atoms with E-state index in [0.717, 1.165) is 34.6 Å². The van der Waals surface area contributed by atoms with Crippen LogP contribution in [0.5, 0.6) is 0 Å². The summed E-state index contributed by atoms with van der Waals surface area (Å²) >= 11 is 1.63. The highest BCUT2D eigenvalue weighted by atomic mass is 32.1. The van der Waals surface area contributed by atoms with E-state index in [2.05, 4.69) is 20.3 Å². The lowest BCUT2D eigenvalue weighted by Crippen LogP contribution is -2.36. The van der Waals surface area contributed by atoms with Crippen molar-refractivity contribution in [1.29, 1.82) is 0 Å². The lowest BCUT2D eigenvalue weighted by molar-refractivity contribution is 0.0334. The Hall–Kier alpha value is -2.05. The molecule has 0 saturated heterocycles. The zero-order valence-corrected chi connectivity index (χ0v) is 12.7. The molecule has 2 N–H and O–H groups in total. The number of aliphatic hydroxyl groups excluding tert-OH is 1. The molecule has 1 aliphatic carbocycles. The van der Waals surface area contributed by atoms with Gasteiger partial charge in [0.15, 0.2) is 0 Å². The van der Waals surface area contributed by atoms with Crippen molar-refractivity contribution in [3.05, 3.63) is 47.9 Å². The Morgan fingerprint density at radius 3 is 2.86 bits per heavy atom. The summed E-state index contributed by atoms with van der Waals surface area (Å²) < 4.78 is 1.06. The molecule has 5 nitrogen and oxygen atoms in total. The summed E-state index contributed by atoms with van der Waals surface area (Å²) in [5.74, 6) is 1.21. The van der Waals surface area contributed by atoms with Crippen LogP contribution in [0.2, 0.25) is 0 Å². The number of nitrogens with zero attached hydrogens (tertiary/aromatic N) is 3. The lowest BCUT2D eigenvalue weighted by atomic mass is 9.76. The molecule has 4 rings (SSSR count). The van der Waals surface area contributed by atoms with E-state index < -0.39 is 0 Å². The van der Waals surface area contributed by atoms with E-state index in [4.69, 9.17) is 0 Å². The molecular weight excluding hydrogens is 296 g/mol. The number of anilines is 1. The van der Waals surface area contributed by atoms with Gasteiger partial charge in [0.1, 0.15) is 12.1 Å². The van der Waals surface area contributed by atoms with Crippen LogP contribution in [0.1, 0.15) is 24.6 Å². The average Bonchev–Trinajstić information content (AvgIpc) is 3.00. The number of nitrogens with one attached hydrogen (secondary N) is 1. The molecule has 1 atom stereocenters. The number of aromatic nitrogens is 3. The van der Waals surface area contributed by atoms with Gasteiger partial charge in [0, 0.05) is 6.20 Å². The van der Waals surface area contributed by atoms with Crippen LogP contribution in [-0.4, -0.2) is 26.2 Å². The lowest BCUT2D eigenvalue weighted by Gasteiger charge is -2.38. The molecule has 1 unspecified atom stereocenters. The van der Waals surface area contributed by atoms with E-state index in [1.807, 2.05) is 29.6 Å². The minimum Gasteiger partial charge on any atom is -0.393 e. The van der Waals surface area contributed by atoms with Crippen molar-refractivity contribution in [3.63, 3.8) is 0 Å². The quantitative estimate of drug-likeness (QED) is 0.775. The van der Waals surface area contributed by atoms with E-state index in [1.165, 1.54) is 0 Å². The van der Waals surface area contributed by atoms with Crippen LogP contribution in [-0.2, 0) is 0 Å². The Bertz CT molecular complexity index is 770. The van der Waals surface area contributed by atoms with Crippen LogP contribution in [0.3, 0.4) is 0 Å². The smallest absolute Gasteiger partial charge is 0.147 e. The van der Waals surface area contributed by atoms with Gasteiger partial charge in [-0.2, -0.15) is 0 Å². The molecule has 0 amide bonds. The minimum absolute atomic E-state index is 0.0600. The van der Waals surface area contributed by atoms with Gasteiger partial charge in [-0.05, 0) is 42.3 Å². The van der Waals surface area contributed by atoms with Crippen molar-refractivity contribution in [3.8, 4) is 0 Å². The molecule has 1 saturated carbocycles.